The second-order valence-corrected chi connectivity index (χ2v) is 9.54. The van der Waals surface area contributed by atoms with E-state index >= 15 is 0 Å². The summed E-state index contributed by atoms with van der Waals surface area (Å²) in [6, 6.07) is 10.9. The van der Waals surface area contributed by atoms with Gasteiger partial charge in [-0.2, -0.15) is 0 Å². The fourth-order valence-electron chi connectivity index (χ4n) is 5.38. The number of likely N-dealkylation sites (tertiary alicyclic amines) is 1. The van der Waals surface area contributed by atoms with Crippen LogP contribution >= 0.6 is 11.6 Å². The summed E-state index contributed by atoms with van der Waals surface area (Å²) in [5.41, 5.74) is 2.56. The van der Waals surface area contributed by atoms with Crippen LogP contribution in [0.4, 0.5) is 10.3 Å². The summed E-state index contributed by atoms with van der Waals surface area (Å²) in [6.07, 6.45) is 5.62. The number of fused-ring (bicyclic) bond motifs is 2. The van der Waals surface area contributed by atoms with E-state index in [1.165, 1.54) is 17.7 Å². The average molecular weight is 467 g/mol. The fourth-order valence-corrected chi connectivity index (χ4v) is 5.61. The van der Waals surface area contributed by atoms with E-state index in [0.29, 0.717) is 46.8 Å². The monoisotopic (exact) mass is 466 g/mol. The number of rotatable bonds is 5. The van der Waals surface area contributed by atoms with Crippen LogP contribution in [0.5, 0.6) is 11.5 Å². The first-order valence-electron chi connectivity index (χ1n) is 11.3. The molecule has 8 heteroatoms. The van der Waals surface area contributed by atoms with Crippen molar-refractivity contribution >= 4 is 17.5 Å². The topological polar surface area (TPSA) is 59.5 Å². The lowest BCUT2D eigenvalue weighted by atomic mass is 10.0. The zero-order chi connectivity index (χ0) is 22.4. The Balaban J connectivity index is 1.04. The Morgan fingerprint density at radius 2 is 1.76 bits per heavy atom. The SMILES string of the molecule is Fc1ccc(Cl)c(-c2cnc(NC3CC4CN(Cc5ccc6c(c5)OCO6)C[C@H]4C3)nc2)c1. The number of hydrogen-bond acceptors (Lipinski definition) is 6. The molecule has 3 aromatic rings. The lowest BCUT2D eigenvalue weighted by Gasteiger charge is -2.20. The van der Waals surface area contributed by atoms with Crippen LogP contribution in [0, 0.1) is 17.7 Å². The molecule has 170 valence electrons. The first-order chi connectivity index (χ1) is 16.1. The lowest BCUT2D eigenvalue weighted by Crippen LogP contribution is -2.25. The van der Waals surface area contributed by atoms with Crippen LogP contribution in [0.2, 0.25) is 5.02 Å². The molecular weight excluding hydrogens is 443 g/mol. The van der Waals surface area contributed by atoms with Crippen LogP contribution in [0.15, 0.2) is 48.8 Å². The Labute approximate surface area is 196 Å². The largest absolute Gasteiger partial charge is 0.454 e. The molecule has 2 unspecified atom stereocenters. The van der Waals surface area contributed by atoms with Gasteiger partial charge in [-0.1, -0.05) is 17.7 Å². The lowest BCUT2D eigenvalue weighted by molar-refractivity contribution is 0.174. The van der Waals surface area contributed by atoms with E-state index in [0.717, 1.165) is 44.0 Å². The second-order valence-electron chi connectivity index (χ2n) is 9.13. The molecular formula is C25H24ClFN4O2. The number of ether oxygens (including phenoxy) is 2. The molecule has 3 aliphatic rings. The highest BCUT2D eigenvalue weighted by atomic mass is 35.5. The van der Waals surface area contributed by atoms with Gasteiger partial charge in [0.1, 0.15) is 5.82 Å². The number of benzene rings is 2. The van der Waals surface area contributed by atoms with Gasteiger partial charge in [0.15, 0.2) is 11.5 Å². The van der Waals surface area contributed by atoms with Gasteiger partial charge in [0.05, 0.1) is 0 Å². The molecule has 2 aliphatic heterocycles. The summed E-state index contributed by atoms with van der Waals surface area (Å²) in [5.74, 6) is 3.32. The van der Waals surface area contributed by atoms with Crippen molar-refractivity contribution in [2.45, 2.75) is 25.4 Å². The molecule has 6 rings (SSSR count). The van der Waals surface area contributed by atoms with Crippen LogP contribution in [0.3, 0.4) is 0 Å². The van der Waals surface area contributed by atoms with E-state index < -0.39 is 0 Å². The van der Waals surface area contributed by atoms with Crippen molar-refractivity contribution in [2.24, 2.45) is 11.8 Å². The Morgan fingerprint density at radius 3 is 2.55 bits per heavy atom. The van der Waals surface area contributed by atoms with Gasteiger partial charge in [-0.05, 0) is 60.6 Å². The van der Waals surface area contributed by atoms with Crippen molar-refractivity contribution in [2.75, 3.05) is 25.2 Å². The van der Waals surface area contributed by atoms with Crippen LogP contribution < -0.4 is 14.8 Å². The van der Waals surface area contributed by atoms with Gasteiger partial charge in [-0.15, -0.1) is 0 Å². The predicted octanol–water partition coefficient (Wildman–Crippen LogP) is 4.99. The molecule has 1 aliphatic carbocycles. The summed E-state index contributed by atoms with van der Waals surface area (Å²) >= 11 is 6.20. The molecule has 2 aromatic carbocycles. The molecule has 0 amide bonds. The summed E-state index contributed by atoms with van der Waals surface area (Å²) < 4.78 is 24.5. The van der Waals surface area contributed by atoms with Gasteiger partial charge in [-0.3, -0.25) is 4.90 Å². The van der Waals surface area contributed by atoms with Crippen LogP contribution in [-0.2, 0) is 6.54 Å². The maximum absolute atomic E-state index is 13.6. The fraction of sp³-hybridized carbons (Fsp3) is 0.360. The molecule has 1 aromatic heterocycles. The van der Waals surface area contributed by atoms with E-state index in [4.69, 9.17) is 21.1 Å². The number of aromatic nitrogens is 2. The molecule has 0 radical (unpaired) electrons. The Hall–Kier alpha value is -2.90. The van der Waals surface area contributed by atoms with Crippen molar-refractivity contribution in [3.63, 3.8) is 0 Å². The number of anilines is 1. The van der Waals surface area contributed by atoms with Gasteiger partial charge < -0.3 is 14.8 Å². The normalized spacial score (nSPS) is 23.6. The maximum atomic E-state index is 13.6. The standard InChI is InChI=1S/C25H24ClFN4O2/c26-22-3-2-19(27)8-21(22)18-9-28-25(29-10-18)30-20-6-16-12-31(13-17(16)7-20)11-15-1-4-23-24(5-15)33-14-32-23/h1-5,8-10,16-17,20H,6-7,11-14H2,(H,28,29,30)/t16-,17?,20?/m1/s1. The smallest absolute Gasteiger partial charge is 0.231 e. The minimum Gasteiger partial charge on any atom is -0.454 e. The second kappa shape index (κ2) is 8.47. The van der Waals surface area contributed by atoms with E-state index in [-0.39, 0.29) is 5.82 Å². The zero-order valence-corrected chi connectivity index (χ0v) is 18.8. The number of nitrogens with one attached hydrogen (secondary N) is 1. The highest BCUT2D eigenvalue weighted by molar-refractivity contribution is 6.33. The first-order valence-corrected chi connectivity index (χ1v) is 11.6. The third-order valence-corrected chi connectivity index (χ3v) is 7.22. The van der Waals surface area contributed by atoms with E-state index in [1.807, 2.05) is 6.07 Å². The van der Waals surface area contributed by atoms with Crippen LogP contribution in [0.25, 0.3) is 11.1 Å². The van der Waals surface area contributed by atoms with Crippen molar-refractivity contribution in [1.82, 2.24) is 14.9 Å². The number of halogens is 2. The third kappa shape index (κ3) is 4.23. The molecule has 2 fully saturated rings. The molecule has 6 nitrogen and oxygen atoms in total. The first kappa shape index (κ1) is 20.7. The quantitative estimate of drug-likeness (QED) is 0.571. The Kier molecular flexibility index (Phi) is 5.31. The number of hydrogen-bond donors (Lipinski definition) is 1. The van der Waals surface area contributed by atoms with Gasteiger partial charge in [0, 0.05) is 54.2 Å². The van der Waals surface area contributed by atoms with Gasteiger partial charge in [-0.25, -0.2) is 14.4 Å². The minimum atomic E-state index is -0.332. The van der Waals surface area contributed by atoms with Crippen molar-refractivity contribution in [3.8, 4) is 22.6 Å². The molecule has 1 saturated heterocycles. The number of nitrogens with zero attached hydrogens (tertiary/aromatic N) is 3. The molecule has 1 saturated carbocycles. The van der Waals surface area contributed by atoms with Crippen LogP contribution in [-0.4, -0.2) is 40.8 Å². The van der Waals surface area contributed by atoms with Crippen molar-refractivity contribution in [3.05, 3.63) is 65.2 Å². The highest BCUT2D eigenvalue weighted by Gasteiger charge is 2.41. The van der Waals surface area contributed by atoms with Crippen molar-refractivity contribution in [1.29, 1.82) is 0 Å². The maximum Gasteiger partial charge on any atom is 0.231 e. The third-order valence-electron chi connectivity index (χ3n) is 6.89. The van der Waals surface area contributed by atoms with E-state index in [9.17, 15) is 4.39 Å². The van der Waals surface area contributed by atoms with Gasteiger partial charge in [0.2, 0.25) is 12.7 Å². The molecule has 1 N–H and O–H groups in total. The predicted molar refractivity (Wildman–Crippen MR) is 124 cm³/mol. The molecule has 3 heterocycles. The molecule has 0 bridgehead atoms. The molecule has 33 heavy (non-hydrogen) atoms. The Morgan fingerprint density at radius 1 is 1.00 bits per heavy atom. The van der Waals surface area contributed by atoms with E-state index in [2.05, 4.69) is 32.3 Å². The summed E-state index contributed by atoms with van der Waals surface area (Å²) in [5, 5.41) is 3.97. The van der Waals surface area contributed by atoms with E-state index in [1.54, 1.807) is 18.5 Å². The zero-order valence-electron chi connectivity index (χ0n) is 18.0. The van der Waals surface area contributed by atoms with Crippen molar-refractivity contribution < 1.29 is 13.9 Å². The molecule has 0 spiro atoms. The van der Waals surface area contributed by atoms with Crippen LogP contribution in [0.1, 0.15) is 18.4 Å². The summed E-state index contributed by atoms with van der Waals surface area (Å²) in [4.78, 5) is 11.4. The minimum absolute atomic E-state index is 0.312. The highest BCUT2D eigenvalue weighted by Crippen LogP contribution is 2.40. The summed E-state index contributed by atoms with van der Waals surface area (Å²) in [6.45, 7) is 3.46. The Bertz CT molecular complexity index is 1160. The molecule has 3 atom stereocenters. The van der Waals surface area contributed by atoms with Gasteiger partial charge >= 0.3 is 0 Å². The average Bonchev–Trinajstić information content (AvgIpc) is 3.51. The van der Waals surface area contributed by atoms with Gasteiger partial charge in [0.25, 0.3) is 0 Å². The summed E-state index contributed by atoms with van der Waals surface area (Å²) in [7, 11) is 0.